The zero-order valence-electron chi connectivity index (χ0n) is 14.2. The van der Waals surface area contributed by atoms with Gasteiger partial charge in [0.05, 0.1) is 28.6 Å². The van der Waals surface area contributed by atoms with E-state index in [1.54, 1.807) is 30.3 Å². The number of ether oxygens (including phenoxy) is 1. The third kappa shape index (κ3) is 3.13. The Balaban J connectivity index is 1.66. The fourth-order valence-electron chi connectivity index (χ4n) is 2.84. The molecule has 0 N–H and O–H groups in total. The van der Waals surface area contributed by atoms with Crippen molar-refractivity contribution in [2.24, 2.45) is 0 Å². The highest BCUT2D eigenvalue weighted by Gasteiger charge is 2.25. The molecule has 0 saturated carbocycles. The molecule has 3 aromatic rings. The monoisotopic (exact) mass is 379 g/mol. The second-order valence-electron chi connectivity index (χ2n) is 5.78. The topological polar surface area (TPSA) is 82.6 Å². The number of nitro groups is 1. The summed E-state index contributed by atoms with van der Waals surface area (Å²) in [4.78, 5) is 24.4. The number of benzene rings is 2. The molecule has 1 aliphatic heterocycles. The van der Waals surface area contributed by atoms with Gasteiger partial charge in [-0.3, -0.25) is 14.9 Å². The van der Waals surface area contributed by atoms with Crippen LogP contribution in [-0.2, 0) is 0 Å². The second kappa shape index (κ2) is 6.77. The predicted molar refractivity (Wildman–Crippen MR) is 102 cm³/mol. The van der Waals surface area contributed by atoms with Crippen molar-refractivity contribution in [3.63, 3.8) is 0 Å². The van der Waals surface area contributed by atoms with Crippen molar-refractivity contribution in [1.82, 2.24) is 0 Å². The van der Waals surface area contributed by atoms with Crippen LogP contribution in [0.5, 0.6) is 5.75 Å². The molecule has 7 heteroatoms. The minimum absolute atomic E-state index is 0.0264. The SMILES string of the molecule is COc1cc([N+](=O)[O-])ccc1-c1ccc(/C=C2\Sc3ccccc3C2=O)o1. The molecule has 134 valence electrons. The quantitative estimate of drug-likeness (QED) is 0.352. The molecular weight excluding hydrogens is 366 g/mol. The summed E-state index contributed by atoms with van der Waals surface area (Å²) in [6.45, 7) is 0. The third-order valence-electron chi connectivity index (χ3n) is 4.14. The summed E-state index contributed by atoms with van der Waals surface area (Å²) in [5, 5.41) is 10.9. The summed E-state index contributed by atoms with van der Waals surface area (Å²) in [6, 6.07) is 15.3. The number of fused-ring (bicyclic) bond motifs is 1. The number of allylic oxidation sites excluding steroid dienone is 1. The van der Waals surface area contributed by atoms with Crippen molar-refractivity contribution < 1.29 is 18.9 Å². The average molecular weight is 379 g/mol. The Bertz CT molecular complexity index is 1100. The van der Waals surface area contributed by atoms with E-state index in [0.717, 1.165) is 4.90 Å². The van der Waals surface area contributed by atoms with Crippen LogP contribution in [0, 0.1) is 10.1 Å². The van der Waals surface area contributed by atoms with Crippen molar-refractivity contribution in [3.8, 4) is 17.1 Å². The minimum atomic E-state index is -0.481. The van der Waals surface area contributed by atoms with E-state index in [1.807, 2.05) is 18.2 Å². The number of thioether (sulfide) groups is 1. The number of ketones is 1. The first kappa shape index (κ1) is 17.1. The maximum atomic E-state index is 12.5. The highest BCUT2D eigenvalue weighted by atomic mass is 32.2. The van der Waals surface area contributed by atoms with Gasteiger partial charge >= 0.3 is 0 Å². The Morgan fingerprint density at radius 1 is 1.11 bits per heavy atom. The van der Waals surface area contributed by atoms with Crippen LogP contribution in [0.3, 0.4) is 0 Å². The number of nitrogens with zero attached hydrogens (tertiary/aromatic N) is 1. The first-order valence-corrected chi connectivity index (χ1v) is 8.84. The van der Waals surface area contributed by atoms with Crippen molar-refractivity contribution >= 4 is 29.3 Å². The van der Waals surface area contributed by atoms with Gasteiger partial charge in [0.1, 0.15) is 17.3 Å². The smallest absolute Gasteiger partial charge is 0.273 e. The fraction of sp³-hybridized carbons (Fsp3) is 0.0500. The molecule has 0 fully saturated rings. The molecule has 0 radical (unpaired) electrons. The zero-order chi connectivity index (χ0) is 19.0. The Labute approximate surface area is 158 Å². The van der Waals surface area contributed by atoms with E-state index in [4.69, 9.17) is 9.15 Å². The average Bonchev–Trinajstić information content (AvgIpc) is 3.27. The third-order valence-corrected chi connectivity index (χ3v) is 5.24. The van der Waals surface area contributed by atoms with Crippen molar-refractivity contribution in [1.29, 1.82) is 0 Å². The number of furan rings is 1. The number of methoxy groups -OCH3 is 1. The summed E-state index contributed by atoms with van der Waals surface area (Å²) in [7, 11) is 1.44. The lowest BCUT2D eigenvalue weighted by molar-refractivity contribution is -0.384. The first-order chi connectivity index (χ1) is 13.1. The number of carbonyl (C=O) groups excluding carboxylic acids is 1. The molecule has 1 aliphatic rings. The van der Waals surface area contributed by atoms with Gasteiger partial charge in [-0.05, 0) is 36.4 Å². The van der Waals surface area contributed by atoms with Crippen molar-refractivity contribution in [2.75, 3.05) is 7.11 Å². The molecule has 0 spiro atoms. The minimum Gasteiger partial charge on any atom is -0.496 e. The van der Waals surface area contributed by atoms with Crippen LogP contribution in [0.15, 0.2) is 68.8 Å². The van der Waals surface area contributed by atoms with Crippen LogP contribution in [0.1, 0.15) is 16.1 Å². The standard InChI is InChI=1S/C20H13NO5S/c1-25-17-10-12(21(23)24)6-8-14(17)16-9-7-13(26-16)11-19-20(22)15-4-2-3-5-18(15)27-19/h2-11H,1H3/b19-11-. The molecule has 0 atom stereocenters. The Morgan fingerprint density at radius 3 is 2.67 bits per heavy atom. The van der Waals surface area contributed by atoms with Crippen molar-refractivity contribution in [3.05, 3.63) is 80.9 Å². The van der Waals surface area contributed by atoms with Gasteiger partial charge in [-0.2, -0.15) is 0 Å². The van der Waals surface area contributed by atoms with Gasteiger partial charge in [0.15, 0.2) is 0 Å². The van der Waals surface area contributed by atoms with Gasteiger partial charge in [-0.15, -0.1) is 0 Å². The molecule has 0 amide bonds. The maximum absolute atomic E-state index is 12.5. The van der Waals surface area contributed by atoms with Crippen LogP contribution in [0.4, 0.5) is 5.69 Å². The highest BCUT2D eigenvalue weighted by molar-refractivity contribution is 8.04. The maximum Gasteiger partial charge on any atom is 0.273 e. The van der Waals surface area contributed by atoms with E-state index < -0.39 is 4.92 Å². The van der Waals surface area contributed by atoms with Gasteiger partial charge in [0, 0.05) is 16.5 Å². The zero-order valence-corrected chi connectivity index (χ0v) is 15.0. The molecule has 1 aromatic heterocycles. The van der Waals surface area contributed by atoms with Crippen molar-refractivity contribution in [2.45, 2.75) is 4.90 Å². The largest absolute Gasteiger partial charge is 0.496 e. The van der Waals surface area contributed by atoms with Crippen LogP contribution >= 0.6 is 11.8 Å². The number of hydrogen-bond donors (Lipinski definition) is 0. The number of non-ortho nitro benzene ring substituents is 1. The van der Waals surface area contributed by atoms with Gasteiger partial charge in [-0.1, -0.05) is 23.9 Å². The first-order valence-electron chi connectivity index (χ1n) is 8.03. The van der Waals surface area contributed by atoms with Crippen LogP contribution in [-0.4, -0.2) is 17.8 Å². The Hall–Kier alpha value is -3.32. The summed E-state index contributed by atoms with van der Waals surface area (Å²) in [5.41, 5.74) is 1.23. The molecule has 2 aromatic carbocycles. The second-order valence-corrected chi connectivity index (χ2v) is 6.86. The van der Waals surface area contributed by atoms with E-state index in [2.05, 4.69) is 0 Å². The highest BCUT2D eigenvalue weighted by Crippen LogP contribution is 2.41. The van der Waals surface area contributed by atoms with E-state index >= 15 is 0 Å². The molecule has 0 aliphatic carbocycles. The molecule has 4 rings (SSSR count). The van der Waals surface area contributed by atoms with E-state index in [-0.39, 0.29) is 11.5 Å². The number of carbonyl (C=O) groups is 1. The molecule has 27 heavy (non-hydrogen) atoms. The number of hydrogen-bond acceptors (Lipinski definition) is 6. The Morgan fingerprint density at radius 2 is 1.93 bits per heavy atom. The molecule has 0 saturated heterocycles. The summed E-state index contributed by atoms with van der Waals surface area (Å²) in [6.07, 6.45) is 1.70. The van der Waals surface area contributed by atoms with E-state index in [0.29, 0.717) is 33.3 Å². The van der Waals surface area contributed by atoms with Gasteiger partial charge in [0.25, 0.3) is 5.69 Å². The lowest BCUT2D eigenvalue weighted by Crippen LogP contribution is -1.93. The van der Waals surface area contributed by atoms with Crippen LogP contribution in [0.25, 0.3) is 17.4 Å². The lowest BCUT2D eigenvalue weighted by atomic mass is 10.1. The summed E-state index contributed by atoms with van der Waals surface area (Å²) in [5.74, 6) is 1.34. The van der Waals surface area contributed by atoms with Crippen LogP contribution < -0.4 is 4.74 Å². The van der Waals surface area contributed by atoms with Crippen LogP contribution in [0.2, 0.25) is 0 Å². The Kier molecular flexibility index (Phi) is 4.29. The number of Topliss-reactive ketones (excluding diaryl/α,β-unsaturated/α-hetero) is 1. The van der Waals surface area contributed by atoms with Gasteiger partial charge in [0.2, 0.25) is 5.78 Å². The number of nitro benzene ring substituents is 1. The molecule has 2 heterocycles. The van der Waals surface area contributed by atoms with E-state index in [9.17, 15) is 14.9 Å². The fourth-order valence-corrected chi connectivity index (χ4v) is 3.87. The molecule has 0 bridgehead atoms. The molecule has 6 nitrogen and oxygen atoms in total. The molecular formula is C20H13NO5S. The van der Waals surface area contributed by atoms with Gasteiger partial charge < -0.3 is 9.15 Å². The molecule has 0 unspecified atom stereocenters. The summed E-state index contributed by atoms with van der Waals surface area (Å²) < 4.78 is 11.1. The van der Waals surface area contributed by atoms with E-state index in [1.165, 1.54) is 31.0 Å². The predicted octanol–water partition coefficient (Wildman–Crippen LogP) is 5.19. The lowest BCUT2D eigenvalue weighted by Gasteiger charge is -2.05. The number of rotatable bonds is 4. The summed E-state index contributed by atoms with van der Waals surface area (Å²) >= 11 is 1.41. The normalized spacial score (nSPS) is 14.4. The van der Waals surface area contributed by atoms with Gasteiger partial charge in [-0.25, -0.2) is 0 Å².